The Bertz CT molecular complexity index is 869. The van der Waals surface area contributed by atoms with Gasteiger partial charge in [0.05, 0.1) is 11.3 Å². The van der Waals surface area contributed by atoms with Crippen LogP contribution in [0.5, 0.6) is 0 Å². The number of nitrogens with two attached hydrogens (primary N) is 1. The van der Waals surface area contributed by atoms with Crippen molar-refractivity contribution in [1.82, 2.24) is 15.3 Å². The van der Waals surface area contributed by atoms with Crippen LogP contribution in [-0.4, -0.2) is 36.1 Å². The molecule has 0 bridgehead atoms. The number of anilines is 2. The smallest absolute Gasteiger partial charge is 0.368 e. The predicted molar refractivity (Wildman–Crippen MR) is 105 cm³/mol. The Kier molecular flexibility index (Phi) is 6.26. The van der Waals surface area contributed by atoms with Gasteiger partial charge in [0, 0.05) is 24.7 Å². The molecule has 1 aromatic heterocycles. The summed E-state index contributed by atoms with van der Waals surface area (Å²) in [6.07, 6.45) is -1.62. The fourth-order valence-corrected chi connectivity index (χ4v) is 3.76. The Balaban J connectivity index is 2.19. The number of nitrogen functional groups attached to an aromatic ring is 1. The van der Waals surface area contributed by atoms with Crippen molar-refractivity contribution in [3.8, 4) is 11.1 Å². The number of hydrogen-bond acceptors (Lipinski definition) is 5. The van der Waals surface area contributed by atoms with Crippen LogP contribution in [0.15, 0.2) is 18.2 Å². The number of aryl methyl sites for hydroxylation is 1. The van der Waals surface area contributed by atoms with E-state index < -0.39 is 17.6 Å². The van der Waals surface area contributed by atoms with Crippen LogP contribution in [0.1, 0.15) is 37.4 Å². The minimum absolute atomic E-state index is 0.0805. The van der Waals surface area contributed by atoms with E-state index in [1.165, 1.54) is 6.07 Å². The molecule has 2 aromatic rings. The Morgan fingerprint density at radius 3 is 2.69 bits per heavy atom. The highest BCUT2D eigenvalue weighted by atomic mass is 19.4. The standard InChI is InChI=1S/C20H25F4N5/c1-3-5-16-17(12-7-8-15(21)14(10-12)20(22,23)24)18(28-19(25)27-16)29-9-4-6-13(11-29)26-2/h7-8,10,13,26H,3-6,9,11H2,1-2H3,(H2,25,27,28)/t13-/m1/s1. The molecule has 0 radical (unpaired) electrons. The molecule has 0 aliphatic carbocycles. The Morgan fingerprint density at radius 1 is 1.28 bits per heavy atom. The highest BCUT2D eigenvalue weighted by molar-refractivity contribution is 5.79. The number of piperidine rings is 1. The van der Waals surface area contributed by atoms with E-state index in [0.29, 0.717) is 36.6 Å². The summed E-state index contributed by atoms with van der Waals surface area (Å²) in [5.41, 5.74) is 5.93. The van der Waals surface area contributed by atoms with Gasteiger partial charge in [-0.05, 0) is 44.0 Å². The monoisotopic (exact) mass is 411 g/mol. The van der Waals surface area contributed by atoms with Gasteiger partial charge in [0.15, 0.2) is 0 Å². The first-order valence-corrected chi connectivity index (χ1v) is 9.70. The number of benzene rings is 1. The molecule has 3 rings (SSSR count). The van der Waals surface area contributed by atoms with Crippen LogP contribution in [0, 0.1) is 5.82 Å². The minimum Gasteiger partial charge on any atom is -0.368 e. The molecule has 0 spiro atoms. The first-order chi connectivity index (χ1) is 13.7. The zero-order chi connectivity index (χ0) is 21.2. The number of halogens is 4. The van der Waals surface area contributed by atoms with Gasteiger partial charge in [-0.25, -0.2) is 9.37 Å². The topological polar surface area (TPSA) is 67.1 Å². The third-order valence-electron chi connectivity index (χ3n) is 5.16. The van der Waals surface area contributed by atoms with Crippen molar-refractivity contribution in [2.45, 2.75) is 44.8 Å². The number of rotatable bonds is 5. The van der Waals surface area contributed by atoms with Gasteiger partial charge in [0.1, 0.15) is 11.6 Å². The summed E-state index contributed by atoms with van der Waals surface area (Å²) in [6, 6.07) is 3.27. The summed E-state index contributed by atoms with van der Waals surface area (Å²) in [5.74, 6) is -0.720. The molecule has 29 heavy (non-hydrogen) atoms. The highest BCUT2D eigenvalue weighted by Crippen LogP contribution is 2.39. The van der Waals surface area contributed by atoms with Gasteiger partial charge in [-0.2, -0.15) is 18.2 Å². The lowest BCUT2D eigenvalue weighted by molar-refractivity contribution is -0.139. The molecule has 1 saturated heterocycles. The van der Waals surface area contributed by atoms with E-state index in [4.69, 9.17) is 5.73 Å². The zero-order valence-corrected chi connectivity index (χ0v) is 16.5. The maximum atomic E-state index is 13.9. The van der Waals surface area contributed by atoms with Gasteiger partial charge in [-0.1, -0.05) is 19.4 Å². The Hall–Kier alpha value is -2.42. The van der Waals surface area contributed by atoms with E-state index in [0.717, 1.165) is 31.4 Å². The van der Waals surface area contributed by atoms with E-state index in [9.17, 15) is 17.6 Å². The number of hydrogen-bond donors (Lipinski definition) is 2. The molecule has 1 aromatic carbocycles. The second-order valence-electron chi connectivity index (χ2n) is 7.24. The average molecular weight is 411 g/mol. The van der Waals surface area contributed by atoms with Gasteiger partial charge in [-0.15, -0.1) is 0 Å². The molecule has 1 aliphatic rings. The lowest BCUT2D eigenvalue weighted by Crippen LogP contribution is -2.45. The molecule has 2 heterocycles. The van der Waals surface area contributed by atoms with Crippen molar-refractivity contribution in [3.05, 3.63) is 35.3 Å². The second-order valence-corrected chi connectivity index (χ2v) is 7.24. The van der Waals surface area contributed by atoms with E-state index in [2.05, 4.69) is 15.3 Å². The first-order valence-electron chi connectivity index (χ1n) is 9.70. The van der Waals surface area contributed by atoms with Crippen LogP contribution in [0.25, 0.3) is 11.1 Å². The van der Waals surface area contributed by atoms with Gasteiger partial charge in [0.2, 0.25) is 5.95 Å². The molecule has 0 saturated carbocycles. The summed E-state index contributed by atoms with van der Waals surface area (Å²) in [6.45, 7) is 3.31. The van der Waals surface area contributed by atoms with Gasteiger partial charge < -0.3 is 16.0 Å². The van der Waals surface area contributed by atoms with E-state index in [1.54, 1.807) is 0 Å². The van der Waals surface area contributed by atoms with Crippen molar-refractivity contribution >= 4 is 11.8 Å². The van der Waals surface area contributed by atoms with E-state index >= 15 is 0 Å². The van der Waals surface area contributed by atoms with Crippen molar-refractivity contribution in [2.75, 3.05) is 30.8 Å². The van der Waals surface area contributed by atoms with Crippen LogP contribution in [0.2, 0.25) is 0 Å². The van der Waals surface area contributed by atoms with Crippen molar-refractivity contribution < 1.29 is 17.6 Å². The average Bonchev–Trinajstić information content (AvgIpc) is 2.67. The van der Waals surface area contributed by atoms with Crippen molar-refractivity contribution in [1.29, 1.82) is 0 Å². The number of nitrogens with one attached hydrogen (secondary N) is 1. The largest absolute Gasteiger partial charge is 0.419 e. The molecule has 158 valence electrons. The van der Waals surface area contributed by atoms with E-state index in [-0.39, 0.29) is 17.6 Å². The fraction of sp³-hybridized carbons (Fsp3) is 0.500. The number of likely N-dealkylation sites (N-methyl/N-ethyl adjacent to an activating group) is 1. The second kappa shape index (κ2) is 8.52. The lowest BCUT2D eigenvalue weighted by atomic mass is 9.97. The SMILES string of the molecule is CCCc1nc(N)nc(N2CCC[C@@H](NC)C2)c1-c1ccc(F)c(C(F)(F)F)c1. The Morgan fingerprint density at radius 2 is 2.03 bits per heavy atom. The summed E-state index contributed by atoms with van der Waals surface area (Å²) in [7, 11) is 1.88. The number of aromatic nitrogens is 2. The third kappa shape index (κ3) is 4.60. The maximum Gasteiger partial charge on any atom is 0.419 e. The molecular weight excluding hydrogens is 386 g/mol. The van der Waals surface area contributed by atoms with E-state index in [1.807, 2.05) is 18.9 Å². The van der Waals surface area contributed by atoms with Gasteiger partial charge in [0.25, 0.3) is 0 Å². The number of alkyl halides is 3. The summed E-state index contributed by atoms with van der Waals surface area (Å²) < 4.78 is 53.8. The summed E-state index contributed by atoms with van der Waals surface area (Å²) >= 11 is 0. The third-order valence-corrected chi connectivity index (χ3v) is 5.16. The van der Waals surface area contributed by atoms with Crippen LogP contribution >= 0.6 is 0 Å². The first kappa shape index (κ1) is 21.3. The maximum absolute atomic E-state index is 13.9. The molecule has 1 fully saturated rings. The molecule has 1 atom stereocenters. The molecule has 5 nitrogen and oxygen atoms in total. The lowest BCUT2D eigenvalue weighted by Gasteiger charge is -2.35. The summed E-state index contributed by atoms with van der Waals surface area (Å²) in [5, 5.41) is 3.24. The van der Waals surface area contributed by atoms with Crippen LogP contribution in [-0.2, 0) is 12.6 Å². The van der Waals surface area contributed by atoms with Crippen molar-refractivity contribution in [2.24, 2.45) is 0 Å². The molecular formula is C20H25F4N5. The molecule has 3 N–H and O–H groups in total. The molecule has 1 aliphatic heterocycles. The number of nitrogens with zero attached hydrogens (tertiary/aromatic N) is 3. The van der Waals surface area contributed by atoms with Gasteiger partial charge >= 0.3 is 6.18 Å². The summed E-state index contributed by atoms with van der Waals surface area (Å²) in [4.78, 5) is 10.7. The predicted octanol–water partition coefficient (Wildman–Crippen LogP) is 4.02. The molecule has 0 amide bonds. The fourth-order valence-electron chi connectivity index (χ4n) is 3.76. The molecule has 9 heteroatoms. The Labute approximate surface area is 167 Å². The van der Waals surface area contributed by atoms with Crippen LogP contribution in [0.4, 0.5) is 29.3 Å². The van der Waals surface area contributed by atoms with Crippen LogP contribution in [0.3, 0.4) is 0 Å². The normalized spacial score (nSPS) is 17.6. The van der Waals surface area contributed by atoms with Crippen LogP contribution < -0.4 is 16.0 Å². The van der Waals surface area contributed by atoms with Gasteiger partial charge in [-0.3, -0.25) is 0 Å². The highest BCUT2D eigenvalue weighted by Gasteiger charge is 2.35. The quantitative estimate of drug-likeness (QED) is 0.728. The molecule has 0 unspecified atom stereocenters. The van der Waals surface area contributed by atoms with Crippen molar-refractivity contribution in [3.63, 3.8) is 0 Å². The zero-order valence-electron chi connectivity index (χ0n) is 16.5. The minimum atomic E-state index is -4.79.